The molecule has 0 aliphatic heterocycles. The Morgan fingerprint density at radius 1 is 1.10 bits per heavy atom. The lowest BCUT2D eigenvalue weighted by Crippen LogP contribution is -2.15. The molecule has 2 fully saturated rings. The van der Waals surface area contributed by atoms with Gasteiger partial charge in [-0.05, 0) is 56.4 Å². The van der Waals surface area contributed by atoms with Crippen LogP contribution in [0.4, 0.5) is 5.69 Å². The van der Waals surface area contributed by atoms with Crippen LogP contribution in [0.2, 0.25) is 0 Å². The van der Waals surface area contributed by atoms with Crippen molar-refractivity contribution in [2.75, 3.05) is 5.32 Å². The molecule has 0 unspecified atom stereocenters. The highest BCUT2D eigenvalue weighted by molar-refractivity contribution is 6.04. The van der Waals surface area contributed by atoms with Gasteiger partial charge in [0, 0.05) is 29.4 Å². The van der Waals surface area contributed by atoms with E-state index >= 15 is 0 Å². The maximum absolute atomic E-state index is 13.0. The lowest BCUT2D eigenvalue weighted by Gasteiger charge is -2.12. The maximum atomic E-state index is 13.0. The van der Waals surface area contributed by atoms with E-state index in [1.165, 1.54) is 25.7 Å². The number of carbonyl (C=O) groups excluding carboxylic acids is 1. The van der Waals surface area contributed by atoms with Crippen LogP contribution in [0.15, 0.2) is 48.8 Å². The molecule has 0 bridgehead atoms. The van der Waals surface area contributed by atoms with Gasteiger partial charge in [0.05, 0.1) is 6.20 Å². The molecule has 0 spiro atoms. The second-order valence-electron chi connectivity index (χ2n) is 8.31. The molecule has 1 amide bonds. The summed E-state index contributed by atoms with van der Waals surface area (Å²) in [6, 6.07) is 12.3. The lowest BCUT2D eigenvalue weighted by atomic mass is 10.1. The number of pyridine rings is 1. The van der Waals surface area contributed by atoms with Crippen LogP contribution < -0.4 is 5.32 Å². The van der Waals surface area contributed by atoms with Crippen LogP contribution in [-0.4, -0.2) is 30.1 Å². The van der Waals surface area contributed by atoms with Crippen LogP contribution in [0.5, 0.6) is 0 Å². The van der Waals surface area contributed by atoms with Crippen molar-refractivity contribution < 1.29 is 4.79 Å². The summed E-state index contributed by atoms with van der Waals surface area (Å²) in [5, 5.41) is 12.1. The topological polar surface area (TPSA) is 77.1 Å². The zero-order valence-corrected chi connectivity index (χ0v) is 16.7. The number of aryl methyl sites for hydroxylation is 1. The van der Waals surface area contributed by atoms with Gasteiger partial charge in [-0.25, -0.2) is 4.98 Å². The maximum Gasteiger partial charge on any atom is 0.274 e. The van der Waals surface area contributed by atoms with E-state index in [4.69, 9.17) is 0 Å². The average Bonchev–Trinajstić information content (AvgIpc) is 3.69. The van der Waals surface area contributed by atoms with Crippen molar-refractivity contribution in [3.05, 3.63) is 65.9 Å². The Labute approximate surface area is 173 Å². The Bertz CT molecular complexity index is 1280. The van der Waals surface area contributed by atoms with Crippen LogP contribution >= 0.6 is 0 Å². The molecule has 0 saturated heterocycles. The van der Waals surface area contributed by atoms with E-state index in [0.717, 1.165) is 34.1 Å². The molecule has 30 heavy (non-hydrogen) atoms. The number of benzene rings is 1. The molecular weight excluding hydrogens is 376 g/mol. The van der Waals surface area contributed by atoms with Gasteiger partial charge < -0.3 is 9.88 Å². The van der Waals surface area contributed by atoms with E-state index in [2.05, 4.69) is 31.1 Å². The summed E-state index contributed by atoms with van der Waals surface area (Å²) in [5.41, 5.74) is 4.02. The highest BCUT2D eigenvalue weighted by atomic mass is 16.1. The first-order chi connectivity index (χ1) is 14.7. The summed E-state index contributed by atoms with van der Waals surface area (Å²) in [6.07, 6.45) is 8.25. The molecule has 3 heterocycles. The Morgan fingerprint density at radius 2 is 1.97 bits per heavy atom. The smallest absolute Gasteiger partial charge is 0.274 e. The minimum atomic E-state index is -0.184. The Hall–Kier alpha value is -3.48. The quantitative estimate of drug-likeness (QED) is 0.542. The summed E-state index contributed by atoms with van der Waals surface area (Å²) >= 11 is 0. The normalized spacial score (nSPS) is 16.2. The first-order valence-electron chi connectivity index (χ1n) is 10.5. The van der Waals surface area contributed by atoms with E-state index in [-0.39, 0.29) is 5.91 Å². The van der Waals surface area contributed by atoms with Crippen molar-refractivity contribution in [2.45, 2.75) is 44.6 Å². The van der Waals surface area contributed by atoms with Gasteiger partial charge in [-0.1, -0.05) is 18.2 Å². The van der Waals surface area contributed by atoms with E-state index in [1.54, 1.807) is 10.6 Å². The van der Waals surface area contributed by atoms with Crippen LogP contribution in [0, 0.1) is 6.92 Å². The summed E-state index contributed by atoms with van der Waals surface area (Å²) in [6.45, 7) is 2.00. The number of nitrogens with one attached hydrogen (secondary N) is 1. The predicted octanol–water partition coefficient (Wildman–Crippen LogP) is 4.37. The molecule has 150 valence electrons. The molecule has 2 aliphatic carbocycles. The van der Waals surface area contributed by atoms with Crippen molar-refractivity contribution in [3.8, 4) is 11.4 Å². The third-order valence-electron chi connectivity index (χ3n) is 5.97. The first kappa shape index (κ1) is 17.4. The van der Waals surface area contributed by atoms with Crippen LogP contribution in [0.1, 0.15) is 59.5 Å². The second-order valence-corrected chi connectivity index (χ2v) is 8.31. The summed E-state index contributed by atoms with van der Waals surface area (Å²) in [5.74, 6) is 2.41. The third-order valence-corrected chi connectivity index (χ3v) is 5.97. The van der Waals surface area contributed by atoms with E-state index in [1.807, 2.05) is 43.5 Å². The Morgan fingerprint density at radius 3 is 2.77 bits per heavy atom. The van der Waals surface area contributed by atoms with Crippen molar-refractivity contribution in [3.63, 3.8) is 0 Å². The molecule has 0 atom stereocenters. The van der Waals surface area contributed by atoms with Gasteiger partial charge in [0.15, 0.2) is 5.82 Å². The molecular formula is C23H22N6O. The first-order valence-corrected chi connectivity index (χ1v) is 10.5. The molecule has 2 saturated carbocycles. The lowest BCUT2D eigenvalue weighted by molar-refractivity contribution is 0.102. The fourth-order valence-electron chi connectivity index (χ4n) is 4.00. The molecule has 7 heteroatoms. The SMILES string of the molecule is Cc1ccc(-c2nnc(C3CC3)n2C2CC2)cc1NC(=O)c1cnc2ccccn12. The fourth-order valence-corrected chi connectivity index (χ4v) is 4.00. The predicted molar refractivity (Wildman–Crippen MR) is 114 cm³/mol. The number of nitrogens with zero attached hydrogens (tertiary/aromatic N) is 5. The van der Waals surface area contributed by atoms with Gasteiger partial charge >= 0.3 is 0 Å². The molecule has 2 aliphatic rings. The number of rotatable bonds is 5. The minimum absolute atomic E-state index is 0.184. The molecule has 6 rings (SSSR count). The van der Waals surface area contributed by atoms with Gasteiger partial charge in [-0.2, -0.15) is 0 Å². The van der Waals surface area contributed by atoms with Crippen LogP contribution in [0.25, 0.3) is 17.0 Å². The Kier molecular flexibility index (Phi) is 3.78. The fraction of sp³-hybridized carbons (Fsp3) is 0.304. The number of fused-ring (bicyclic) bond motifs is 1. The van der Waals surface area contributed by atoms with Crippen molar-refractivity contribution >= 4 is 17.2 Å². The van der Waals surface area contributed by atoms with Gasteiger partial charge in [-0.15, -0.1) is 10.2 Å². The summed E-state index contributed by atoms with van der Waals surface area (Å²) in [7, 11) is 0. The highest BCUT2D eigenvalue weighted by Gasteiger charge is 2.36. The molecule has 1 aromatic carbocycles. The zero-order valence-electron chi connectivity index (χ0n) is 16.7. The summed E-state index contributed by atoms with van der Waals surface area (Å²) in [4.78, 5) is 17.3. The van der Waals surface area contributed by atoms with Gasteiger partial charge in [0.2, 0.25) is 0 Å². The zero-order chi connectivity index (χ0) is 20.2. The van der Waals surface area contributed by atoms with Gasteiger partial charge in [0.25, 0.3) is 5.91 Å². The number of amides is 1. The minimum Gasteiger partial charge on any atom is -0.320 e. The standard InChI is InChI=1S/C23H22N6O/c1-14-5-6-16(22-27-26-21(15-7-8-15)29(22)17-9-10-17)12-18(14)25-23(30)19-13-24-20-4-2-3-11-28(19)20/h2-6,11-13,15,17H,7-10H2,1H3,(H,25,30). The second kappa shape index (κ2) is 6.52. The molecule has 3 aromatic heterocycles. The van der Waals surface area contributed by atoms with Gasteiger partial charge in [0.1, 0.15) is 17.2 Å². The van der Waals surface area contributed by atoms with Crippen molar-refractivity contribution in [2.24, 2.45) is 0 Å². The van der Waals surface area contributed by atoms with Crippen molar-refractivity contribution in [1.82, 2.24) is 24.1 Å². The van der Waals surface area contributed by atoms with E-state index in [9.17, 15) is 4.79 Å². The average molecular weight is 398 g/mol. The van der Waals surface area contributed by atoms with Crippen LogP contribution in [-0.2, 0) is 0 Å². The number of aromatic nitrogens is 5. The van der Waals surface area contributed by atoms with Crippen molar-refractivity contribution in [1.29, 1.82) is 0 Å². The number of anilines is 1. The largest absolute Gasteiger partial charge is 0.320 e. The van der Waals surface area contributed by atoms with Crippen LogP contribution in [0.3, 0.4) is 0 Å². The van der Waals surface area contributed by atoms with E-state index in [0.29, 0.717) is 17.7 Å². The highest BCUT2D eigenvalue weighted by Crippen LogP contribution is 2.46. The molecule has 4 aromatic rings. The third kappa shape index (κ3) is 2.89. The van der Waals surface area contributed by atoms with E-state index < -0.39 is 0 Å². The molecule has 7 nitrogen and oxygen atoms in total. The number of carbonyl (C=O) groups is 1. The monoisotopic (exact) mass is 398 g/mol. The number of hydrogen-bond acceptors (Lipinski definition) is 4. The molecule has 0 radical (unpaired) electrons. The van der Waals surface area contributed by atoms with Gasteiger partial charge in [-0.3, -0.25) is 9.20 Å². The molecule has 1 N–H and O–H groups in total. The number of imidazole rings is 1. The Balaban J connectivity index is 1.35. The number of hydrogen-bond donors (Lipinski definition) is 1. The summed E-state index contributed by atoms with van der Waals surface area (Å²) < 4.78 is 4.12.